The van der Waals surface area contributed by atoms with Crippen molar-refractivity contribution in [1.82, 2.24) is 24.6 Å². The van der Waals surface area contributed by atoms with E-state index in [4.69, 9.17) is 4.98 Å². The first-order valence-corrected chi connectivity index (χ1v) is 11.5. The van der Waals surface area contributed by atoms with Crippen LogP contribution in [0.1, 0.15) is 53.8 Å². The molecule has 0 N–H and O–H groups in total. The van der Waals surface area contributed by atoms with E-state index in [9.17, 15) is 9.59 Å². The number of amides is 2. The average Bonchev–Trinajstić information content (AvgIpc) is 3.30. The molecule has 0 aliphatic heterocycles. The van der Waals surface area contributed by atoms with Crippen LogP contribution in [-0.4, -0.2) is 63.1 Å². The Balaban J connectivity index is 2.09. The van der Waals surface area contributed by atoms with Gasteiger partial charge in [-0.3, -0.25) is 9.59 Å². The van der Waals surface area contributed by atoms with E-state index < -0.39 is 0 Å². The lowest BCUT2D eigenvalue weighted by molar-refractivity contribution is -0.131. The van der Waals surface area contributed by atoms with Crippen molar-refractivity contribution in [3.05, 3.63) is 33.6 Å². The summed E-state index contributed by atoms with van der Waals surface area (Å²) in [6, 6.07) is 4.05. The molecule has 8 heteroatoms. The van der Waals surface area contributed by atoms with E-state index in [0.717, 1.165) is 16.1 Å². The van der Waals surface area contributed by atoms with Crippen molar-refractivity contribution in [3.63, 3.8) is 0 Å². The van der Waals surface area contributed by atoms with Crippen molar-refractivity contribution in [2.75, 3.05) is 26.7 Å². The van der Waals surface area contributed by atoms with Gasteiger partial charge in [-0.15, -0.1) is 11.3 Å². The smallest absolute Gasteiger partial charge is 0.254 e. The molecule has 0 fully saturated rings. The molecule has 0 bridgehead atoms. The maximum atomic E-state index is 13.4. The molecule has 7 nitrogen and oxygen atoms in total. The van der Waals surface area contributed by atoms with Crippen LogP contribution in [0.15, 0.2) is 18.3 Å². The number of pyridine rings is 1. The number of aryl methyl sites for hydroxylation is 2. The molecule has 166 valence electrons. The zero-order valence-corrected chi connectivity index (χ0v) is 20.2. The Bertz CT molecular complexity index is 1110. The van der Waals surface area contributed by atoms with E-state index >= 15 is 0 Å². The first kappa shape index (κ1) is 22.9. The topological polar surface area (TPSA) is 71.3 Å². The second-order valence-electron chi connectivity index (χ2n) is 8.03. The molecular weight excluding hydrogens is 410 g/mol. The SMILES string of the molecule is CCN(CC)C(=O)CN(C)C(=O)c1cc(-c2cc(C)sc2C)nc2c1cnn2C(C)C. The minimum Gasteiger partial charge on any atom is -0.342 e. The molecule has 0 aliphatic carbocycles. The molecule has 0 unspecified atom stereocenters. The van der Waals surface area contributed by atoms with Gasteiger partial charge in [0.05, 0.1) is 29.4 Å². The fourth-order valence-electron chi connectivity index (χ4n) is 3.75. The minimum atomic E-state index is -0.206. The normalized spacial score (nSPS) is 11.4. The third-order valence-electron chi connectivity index (χ3n) is 5.44. The van der Waals surface area contributed by atoms with E-state index in [1.165, 1.54) is 9.78 Å². The van der Waals surface area contributed by atoms with Crippen LogP contribution in [0.4, 0.5) is 0 Å². The van der Waals surface area contributed by atoms with Crippen molar-refractivity contribution >= 4 is 34.2 Å². The molecule has 3 aromatic rings. The predicted molar refractivity (Wildman–Crippen MR) is 126 cm³/mol. The molecule has 0 aliphatic rings. The summed E-state index contributed by atoms with van der Waals surface area (Å²) in [5.41, 5.74) is 2.98. The number of thiophene rings is 1. The van der Waals surface area contributed by atoms with Crippen LogP contribution >= 0.6 is 11.3 Å². The van der Waals surface area contributed by atoms with E-state index in [1.54, 1.807) is 29.5 Å². The Morgan fingerprint density at radius 3 is 2.39 bits per heavy atom. The van der Waals surface area contributed by atoms with E-state index in [0.29, 0.717) is 29.7 Å². The molecular formula is C23H31N5O2S. The Kier molecular flexibility index (Phi) is 6.79. The molecule has 31 heavy (non-hydrogen) atoms. The van der Waals surface area contributed by atoms with Gasteiger partial charge in [-0.1, -0.05) is 0 Å². The third-order valence-corrected chi connectivity index (χ3v) is 6.40. The molecule has 0 spiro atoms. The number of rotatable bonds is 7. The van der Waals surface area contributed by atoms with Gasteiger partial charge < -0.3 is 9.80 Å². The van der Waals surface area contributed by atoms with Crippen LogP contribution in [-0.2, 0) is 4.79 Å². The summed E-state index contributed by atoms with van der Waals surface area (Å²) in [7, 11) is 1.67. The molecule has 3 rings (SSSR count). The maximum Gasteiger partial charge on any atom is 0.254 e. The zero-order chi connectivity index (χ0) is 22.9. The zero-order valence-electron chi connectivity index (χ0n) is 19.4. The summed E-state index contributed by atoms with van der Waals surface area (Å²) in [6.45, 7) is 13.4. The lowest BCUT2D eigenvalue weighted by Gasteiger charge is -2.23. The Hall–Kier alpha value is -2.74. The van der Waals surface area contributed by atoms with Crippen molar-refractivity contribution in [3.8, 4) is 11.3 Å². The number of hydrogen-bond acceptors (Lipinski definition) is 5. The molecule has 0 aromatic carbocycles. The predicted octanol–water partition coefficient (Wildman–Crippen LogP) is 4.30. The van der Waals surface area contributed by atoms with Crippen molar-refractivity contribution in [1.29, 1.82) is 0 Å². The minimum absolute atomic E-state index is 0.0363. The largest absolute Gasteiger partial charge is 0.342 e. The van der Waals surface area contributed by atoms with Crippen LogP contribution in [0.25, 0.3) is 22.3 Å². The van der Waals surface area contributed by atoms with Gasteiger partial charge in [0.15, 0.2) is 5.65 Å². The van der Waals surface area contributed by atoms with E-state index in [-0.39, 0.29) is 24.4 Å². The highest BCUT2D eigenvalue weighted by Crippen LogP contribution is 2.32. The number of hydrogen-bond donors (Lipinski definition) is 0. The fraction of sp³-hybridized carbons (Fsp3) is 0.478. The lowest BCUT2D eigenvalue weighted by atomic mass is 10.1. The van der Waals surface area contributed by atoms with Crippen LogP contribution in [0.2, 0.25) is 0 Å². The van der Waals surface area contributed by atoms with Crippen LogP contribution in [0, 0.1) is 13.8 Å². The number of likely N-dealkylation sites (N-methyl/N-ethyl adjacent to an activating group) is 2. The van der Waals surface area contributed by atoms with Gasteiger partial charge in [0.25, 0.3) is 5.91 Å². The number of carbonyl (C=O) groups excluding carboxylic acids is 2. The summed E-state index contributed by atoms with van der Waals surface area (Å²) < 4.78 is 1.84. The molecule has 0 atom stereocenters. The van der Waals surface area contributed by atoms with E-state index in [1.807, 2.05) is 38.4 Å². The van der Waals surface area contributed by atoms with Gasteiger partial charge in [0.1, 0.15) is 0 Å². The molecule has 2 amide bonds. The first-order valence-electron chi connectivity index (χ1n) is 10.7. The summed E-state index contributed by atoms with van der Waals surface area (Å²) in [4.78, 5) is 36.4. The van der Waals surface area contributed by atoms with Crippen molar-refractivity contribution in [2.24, 2.45) is 0 Å². The highest BCUT2D eigenvalue weighted by atomic mass is 32.1. The molecule has 0 saturated heterocycles. The standard InChI is InChI=1S/C23H31N5O2S/c1-8-27(9-2)21(29)13-26(7)23(30)18-11-20(17-10-15(5)31-16(17)6)25-22-19(18)12-24-28(22)14(3)4/h10-12,14H,8-9,13H2,1-7H3. The van der Waals surface area contributed by atoms with Crippen molar-refractivity contribution < 1.29 is 9.59 Å². The highest BCUT2D eigenvalue weighted by Gasteiger charge is 2.24. The van der Waals surface area contributed by atoms with Gasteiger partial charge in [0, 0.05) is 41.5 Å². The first-order chi connectivity index (χ1) is 14.7. The van der Waals surface area contributed by atoms with Crippen LogP contribution in [0.3, 0.4) is 0 Å². The van der Waals surface area contributed by atoms with Gasteiger partial charge >= 0.3 is 0 Å². The average molecular weight is 442 g/mol. The van der Waals surface area contributed by atoms with Gasteiger partial charge in [-0.25, -0.2) is 9.67 Å². The van der Waals surface area contributed by atoms with Gasteiger partial charge in [-0.05, 0) is 53.7 Å². The highest BCUT2D eigenvalue weighted by molar-refractivity contribution is 7.12. The molecule has 0 radical (unpaired) electrons. The molecule has 0 saturated carbocycles. The van der Waals surface area contributed by atoms with Crippen molar-refractivity contribution in [2.45, 2.75) is 47.6 Å². The fourth-order valence-corrected chi connectivity index (χ4v) is 4.69. The summed E-state index contributed by atoms with van der Waals surface area (Å²) in [6.07, 6.45) is 1.70. The monoisotopic (exact) mass is 441 g/mol. The number of nitrogens with zero attached hydrogens (tertiary/aromatic N) is 5. The Labute approximate surface area is 187 Å². The number of fused-ring (bicyclic) bond motifs is 1. The second kappa shape index (κ2) is 9.18. The number of carbonyl (C=O) groups is 2. The van der Waals surface area contributed by atoms with Gasteiger partial charge in [-0.2, -0.15) is 5.10 Å². The van der Waals surface area contributed by atoms with E-state index in [2.05, 4.69) is 25.0 Å². The molecule has 3 heterocycles. The number of aromatic nitrogens is 3. The third kappa shape index (κ3) is 4.49. The lowest BCUT2D eigenvalue weighted by Crippen LogP contribution is -2.41. The molecule has 3 aromatic heterocycles. The quantitative estimate of drug-likeness (QED) is 0.548. The van der Waals surface area contributed by atoms with Crippen LogP contribution in [0.5, 0.6) is 0 Å². The summed E-state index contributed by atoms with van der Waals surface area (Å²) in [5.74, 6) is -0.268. The Morgan fingerprint density at radius 2 is 1.84 bits per heavy atom. The maximum absolute atomic E-state index is 13.4. The summed E-state index contributed by atoms with van der Waals surface area (Å²) >= 11 is 1.71. The Morgan fingerprint density at radius 1 is 1.16 bits per heavy atom. The second-order valence-corrected chi connectivity index (χ2v) is 9.49. The summed E-state index contributed by atoms with van der Waals surface area (Å²) in [5, 5.41) is 5.19. The van der Waals surface area contributed by atoms with Gasteiger partial charge in [0.2, 0.25) is 5.91 Å². The van der Waals surface area contributed by atoms with Crippen LogP contribution < -0.4 is 0 Å².